The predicted octanol–water partition coefficient (Wildman–Crippen LogP) is 3.61. The van der Waals surface area contributed by atoms with Crippen LogP contribution in [0.15, 0.2) is 48.5 Å². The molecule has 0 aromatic heterocycles. The highest BCUT2D eigenvalue weighted by Gasteiger charge is 2.15. The number of hydrogen-bond acceptors (Lipinski definition) is 3. The van der Waals surface area contributed by atoms with Gasteiger partial charge in [-0.25, -0.2) is 0 Å². The van der Waals surface area contributed by atoms with Crippen molar-refractivity contribution < 1.29 is 14.3 Å². The van der Waals surface area contributed by atoms with Crippen LogP contribution >= 0.6 is 0 Å². The number of hydrogen-bond donors (Lipinski definition) is 2. The largest absolute Gasteiger partial charge is 0.481 e. The zero-order valence-electron chi connectivity index (χ0n) is 14.1. The summed E-state index contributed by atoms with van der Waals surface area (Å²) in [6.45, 7) is 5.22. The molecule has 2 rings (SSSR count). The number of carbonyl (C=O) groups is 2. The van der Waals surface area contributed by atoms with Gasteiger partial charge in [0.25, 0.3) is 5.91 Å². The van der Waals surface area contributed by atoms with Gasteiger partial charge in [-0.3, -0.25) is 9.59 Å². The molecule has 24 heavy (non-hydrogen) atoms. The second-order valence-electron chi connectivity index (χ2n) is 5.51. The summed E-state index contributed by atoms with van der Waals surface area (Å²) in [6, 6.07) is 14.7. The zero-order valence-corrected chi connectivity index (χ0v) is 14.1. The number of amides is 2. The molecular formula is C19H22N2O3. The molecule has 1 atom stereocenters. The number of benzene rings is 2. The van der Waals surface area contributed by atoms with E-state index >= 15 is 0 Å². The number of aryl methyl sites for hydroxylation is 1. The monoisotopic (exact) mass is 326 g/mol. The molecule has 0 fully saturated rings. The lowest BCUT2D eigenvalue weighted by atomic mass is 10.2. The molecule has 2 N–H and O–H groups in total. The van der Waals surface area contributed by atoms with E-state index in [0.717, 1.165) is 6.42 Å². The van der Waals surface area contributed by atoms with Crippen molar-refractivity contribution >= 4 is 23.2 Å². The Morgan fingerprint density at radius 3 is 2.25 bits per heavy atom. The van der Waals surface area contributed by atoms with E-state index in [1.807, 2.05) is 24.3 Å². The summed E-state index contributed by atoms with van der Waals surface area (Å²) in [4.78, 5) is 23.3. The van der Waals surface area contributed by atoms with Crippen LogP contribution in [-0.4, -0.2) is 17.9 Å². The summed E-state index contributed by atoms with van der Waals surface area (Å²) in [5.41, 5.74) is 2.45. The maximum atomic E-state index is 12.2. The van der Waals surface area contributed by atoms with Gasteiger partial charge in [-0.15, -0.1) is 0 Å². The van der Waals surface area contributed by atoms with Crippen molar-refractivity contribution in [2.24, 2.45) is 0 Å². The van der Waals surface area contributed by atoms with Gasteiger partial charge in [-0.1, -0.05) is 25.1 Å². The van der Waals surface area contributed by atoms with Crippen LogP contribution in [0.2, 0.25) is 0 Å². The van der Waals surface area contributed by atoms with Crippen molar-refractivity contribution in [3.8, 4) is 5.75 Å². The van der Waals surface area contributed by atoms with E-state index in [2.05, 4.69) is 17.6 Å². The average molecular weight is 326 g/mol. The Kier molecular flexibility index (Phi) is 5.95. The van der Waals surface area contributed by atoms with E-state index in [1.54, 1.807) is 31.2 Å². The van der Waals surface area contributed by atoms with Crippen LogP contribution in [0.1, 0.15) is 26.3 Å². The number of anilines is 2. The number of ether oxygens (including phenoxy) is 1. The summed E-state index contributed by atoms with van der Waals surface area (Å²) in [5, 5.41) is 5.46. The Morgan fingerprint density at radius 2 is 1.67 bits per heavy atom. The Morgan fingerprint density at radius 1 is 1.04 bits per heavy atom. The lowest BCUT2D eigenvalue weighted by molar-refractivity contribution is -0.122. The Labute approximate surface area is 142 Å². The van der Waals surface area contributed by atoms with Crippen LogP contribution in [0.25, 0.3) is 0 Å². The molecule has 0 saturated carbocycles. The minimum absolute atomic E-state index is 0.161. The quantitative estimate of drug-likeness (QED) is 0.852. The Bertz CT molecular complexity index is 711. The minimum Gasteiger partial charge on any atom is -0.481 e. The third kappa shape index (κ3) is 5.12. The van der Waals surface area contributed by atoms with Crippen molar-refractivity contribution in [3.63, 3.8) is 0 Å². The van der Waals surface area contributed by atoms with E-state index in [0.29, 0.717) is 17.1 Å². The topological polar surface area (TPSA) is 67.4 Å². The van der Waals surface area contributed by atoms with Gasteiger partial charge in [0.05, 0.1) is 0 Å². The van der Waals surface area contributed by atoms with Crippen LogP contribution in [-0.2, 0) is 16.0 Å². The molecule has 1 unspecified atom stereocenters. The fourth-order valence-corrected chi connectivity index (χ4v) is 2.18. The SMILES string of the molecule is CCc1ccc(OC(C)C(=O)Nc2cccc(NC(C)=O)c2)cc1. The molecule has 0 bridgehead atoms. The van der Waals surface area contributed by atoms with E-state index in [-0.39, 0.29) is 11.8 Å². The van der Waals surface area contributed by atoms with Gasteiger partial charge in [-0.2, -0.15) is 0 Å². The van der Waals surface area contributed by atoms with Gasteiger partial charge in [0.2, 0.25) is 5.91 Å². The first-order chi connectivity index (χ1) is 11.5. The second-order valence-corrected chi connectivity index (χ2v) is 5.51. The van der Waals surface area contributed by atoms with Gasteiger partial charge in [0, 0.05) is 18.3 Å². The van der Waals surface area contributed by atoms with Crippen molar-refractivity contribution in [2.45, 2.75) is 33.3 Å². The van der Waals surface area contributed by atoms with Crippen molar-refractivity contribution in [1.82, 2.24) is 0 Å². The van der Waals surface area contributed by atoms with Gasteiger partial charge in [0.15, 0.2) is 6.10 Å². The zero-order chi connectivity index (χ0) is 17.5. The van der Waals surface area contributed by atoms with Gasteiger partial charge >= 0.3 is 0 Å². The fourth-order valence-electron chi connectivity index (χ4n) is 2.18. The first-order valence-electron chi connectivity index (χ1n) is 7.92. The third-order valence-electron chi connectivity index (χ3n) is 3.46. The van der Waals surface area contributed by atoms with E-state index in [1.165, 1.54) is 12.5 Å². The normalized spacial score (nSPS) is 11.5. The van der Waals surface area contributed by atoms with Gasteiger partial charge < -0.3 is 15.4 Å². The van der Waals surface area contributed by atoms with Crippen LogP contribution < -0.4 is 15.4 Å². The Hall–Kier alpha value is -2.82. The lowest BCUT2D eigenvalue weighted by Gasteiger charge is -2.15. The number of nitrogens with one attached hydrogen (secondary N) is 2. The highest BCUT2D eigenvalue weighted by Crippen LogP contribution is 2.17. The van der Waals surface area contributed by atoms with Crippen LogP contribution in [0, 0.1) is 0 Å². The predicted molar refractivity (Wildman–Crippen MR) is 95.3 cm³/mol. The average Bonchev–Trinajstić information content (AvgIpc) is 2.55. The third-order valence-corrected chi connectivity index (χ3v) is 3.46. The van der Waals surface area contributed by atoms with Crippen molar-refractivity contribution in [3.05, 3.63) is 54.1 Å². The lowest BCUT2D eigenvalue weighted by Crippen LogP contribution is -2.30. The van der Waals surface area contributed by atoms with E-state index in [4.69, 9.17) is 4.74 Å². The first kappa shape index (κ1) is 17.5. The molecule has 2 aromatic carbocycles. The maximum absolute atomic E-state index is 12.2. The summed E-state index contributed by atoms with van der Waals surface area (Å²) in [5.74, 6) is 0.238. The molecule has 0 spiro atoms. The van der Waals surface area contributed by atoms with E-state index < -0.39 is 6.10 Å². The molecule has 2 aromatic rings. The highest BCUT2D eigenvalue weighted by molar-refractivity contribution is 5.95. The standard InChI is InChI=1S/C19H22N2O3/c1-4-15-8-10-18(11-9-15)24-13(2)19(23)21-17-7-5-6-16(12-17)20-14(3)22/h5-13H,4H2,1-3H3,(H,20,22)(H,21,23). The molecule has 0 radical (unpaired) electrons. The van der Waals surface area contributed by atoms with Gasteiger partial charge in [0.1, 0.15) is 5.75 Å². The molecule has 0 aliphatic carbocycles. The first-order valence-corrected chi connectivity index (χ1v) is 7.92. The highest BCUT2D eigenvalue weighted by atomic mass is 16.5. The van der Waals surface area contributed by atoms with Crippen molar-refractivity contribution in [1.29, 1.82) is 0 Å². The minimum atomic E-state index is -0.637. The Balaban J connectivity index is 1.96. The molecular weight excluding hydrogens is 304 g/mol. The molecule has 0 heterocycles. The fraction of sp³-hybridized carbons (Fsp3) is 0.263. The molecule has 2 amide bonds. The van der Waals surface area contributed by atoms with Crippen LogP contribution in [0.4, 0.5) is 11.4 Å². The van der Waals surface area contributed by atoms with Crippen LogP contribution in [0.3, 0.4) is 0 Å². The molecule has 126 valence electrons. The summed E-state index contributed by atoms with van der Waals surface area (Å²) < 4.78 is 5.66. The number of rotatable bonds is 6. The van der Waals surface area contributed by atoms with E-state index in [9.17, 15) is 9.59 Å². The summed E-state index contributed by atoms with van der Waals surface area (Å²) >= 11 is 0. The van der Waals surface area contributed by atoms with Gasteiger partial charge in [-0.05, 0) is 49.2 Å². The molecule has 0 aliphatic heterocycles. The second kappa shape index (κ2) is 8.15. The number of carbonyl (C=O) groups excluding carboxylic acids is 2. The summed E-state index contributed by atoms with van der Waals surface area (Å²) in [6.07, 6.45) is 0.322. The molecule has 0 aliphatic rings. The molecule has 5 heteroatoms. The van der Waals surface area contributed by atoms with Crippen LogP contribution in [0.5, 0.6) is 5.75 Å². The smallest absolute Gasteiger partial charge is 0.265 e. The maximum Gasteiger partial charge on any atom is 0.265 e. The van der Waals surface area contributed by atoms with Crippen molar-refractivity contribution in [2.75, 3.05) is 10.6 Å². The molecule has 0 saturated heterocycles. The molecule has 5 nitrogen and oxygen atoms in total. The summed E-state index contributed by atoms with van der Waals surface area (Å²) in [7, 11) is 0.